The van der Waals surface area contributed by atoms with Gasteiger partial charge in [0, 0.05) is 58.3 Å². The molecule has 20 heteroatoms. The zero-order chi connectivity index (χ0) is 56.1. The molecule has 0 radical (unpaired) electrons. The van der Waals surface area contributed by atoms with Crippen molar-refractivity contribution < 1.29 is 67.0 Å². The zero-order valence-corrected chi connectivity index (χ0v) is 45.3. The van der Waals surface area contributed by atoms with Gasteiger partial charge in [-0.3, -0.25) is 19.0 Å². The van der Waals surface area contributed by atoms with Crippen molar-refractivity contribution in [2.24, 2.45) is 11.8 Å². The number of rotatable bonds is 29. The van der Waals surface area contributed by atoms with Crippen LogP contribution in [0.3, 0.4) is 0 Å². The normalized spacial score (nSPS) is 21.8. The van der Waals surface area contributed by atoms with E-state index in [0.29, 0.717) is 91.8 Å². The number of carbonyl (C=O) groups excluding carboxylic acids is 5. The summed E-state index contributed by atoms with van der Waals surface area (Å²) in [6, 6.07) is 25.6. The van der Waals surface area contributed by atoms with Crippen molar-refractivity contribution in [3.63, 3.8) is 0 Å². The Hall–Kier alpha value is -7.55. The fraction of sp³-hybridized carbons (Fsp3) is 0.475. The minimum absolute atomic E-state index is 0.0783. The second kappa shape index (κ2) is 30.0. The van der Waals surface area contributed by atoms with Crippen LogP contribution >= 0.6 is 0 Å². The maximum absolute atomic E-state index is 13.6. The summed E-state index contributed by atoms with van der Waals surface area (Å²) in [4.78, 5) is 92.7. The molecule has 3 heterocycles. The molecule has 2 N–H and O–H groups in total. The first-order valence-corrected chi connectivity index (χ1v) is 27.1. The van der Waals surface area contributed by atoms with Crippen LogP contribution < -0.4 is 5.32 Å². The monoisotopic (exact) mass is 1090 g/mol. The van der Waals surface area contributed by atoms with E-state index in [2.05, 4.69) is 20.3 Å². The molecule has 422 valence electrons. The summed E-state index contributed by atoms with van der Waals surface area (Å²) in [6.45, 7) is 4.78. The van der Waals surface area contributed by atoms with Gasteiger partial charge >= 0.3 is 29.8 Å². The van der Waals surface area contributed by atoms with Gasteiger partial charge in [0.25, 0.3) is 0 Å². The van der Waals surface area contributed by atoms with Crippen molar-refractivity contribution in [1.82, 2.24) is 29.7 Å². The predicted octanol–water partition coefficient (Wildman–Crippen LogP) is 8.02. The van der Waals surface area contributed by atoms with Gasteiger partial charge in [-0.05, 0) is 81.0 Å². The smallest absolute Gasteiger partial charge is 0.338 e. The Balaban J connectivity index is 0.881. The topological polar surface area (TPSA) is 246 Å². The molecular weight excluding hydrogens is 1020 g/mol. The van der Waals surface area contributed by atoms with Gasteiger partial charge in [0.2, 0.25) is 5.91 Å². The molecule has 7 rings (SSSR count). The number of hydrogen-bond donors (Lipinski definition) is 2. The molecule has 5 aromatic rings. The second-order valence-corrected chi connectivity index (χ2v) is 19.9. The number of esters is 4. The SMILES string of the molecule is CC[C@H]1O[C@@H](n2cnc3c(/C=C\N(C)C)ncnc32)[C@@H](OCCCCCCNC(=O)CCCCO[C@@H]2C[C@H](COC(=O)c3ccccc3)[C@H](OC(=O)c3ccccc3)[C@H](OC(=O)c3ccccc3)[C@H]2C)C1OC(=O)CCC(=O)O. The van der Waals surface area contributed by atoms with Crippen LogP contribution in [0.1, 0.15) is 127 Å². The molecule has 1 saturated carbocycles. The lowest BCUT2D eigenvalue weighted by Crippen LogP contribution is -2.54. The van der Waals surface area contributed by atoms with Crippen LogP contribution in [0.4, 0.5) is 0 Å². The molecule has 1 aliphatic heterocycles. The van der Waals surface area contributed by atoms with Crippen LogP contribution in [-0.4, -0.2) is 142 Å². The zero-order valence-electron chi connectivity index (χ0n) is 45.3. The molecule has 1 saturated heterocycles. The highest BCUT2D eigenvalue weighted by molar-refractivity contribution is 5.91. The molecule has 1 amide bonds. The lowest BCUT2D eigenvalue weighted by Gasteiger charge is -2.44. The standard InChI is InChI=1S/C59H72N6O14/c1-5-45-53(77-49(69)29-28-48(67)68)54(56(76-45)65-38-63-50-44(30-32-64(3)4)61-37-62-55(50)65)74-34-19-7-6-18-31-60-47(66)27-17-20-33-73-46-35-43(36-75-57(70)40-21-11-8-12-22-40)52(79-59(72)42-25-15-10-16-26-42)51(39(46)2)78-58(71)41-23-13-9-14-24-41/h8-16,21-26,30,32,37-39,43,45-46,51-54,56H,5-7,17-20,27-29,31,33-36H2,1-4H3,(H,60,66)(H,67,68)/b32-30-/t39-,43+,45+,46+,51+,52-,53?,54-,56+/m0/s1. The van der Waals surface area contributed by atoms with Gasteiger partial charge in [-0.25, -0.2) is 29.3 Å². The molecule has 0 bridgehead atoms. The van der Waals surface area contributed by atoms with E-state index in [4.69, 9.17) is 33.2 Å². The van der Waals surface area contributed by atoms with Crippen molar-refractivity contribution in [2.75, 3.05) is 40.5 Å². The number of aromatic nitrogens is 4. The number of carbonyl (C=O) groups is 6. The van der Waals surface area contributed by atoms with Crippen LogP contribution in [0.2, 0.25) is 0 Å². The van der Waals surface area contributed by atoms with Gasteiger partial charge < -0.3 is 48.5 Å². The summed E-state index contributed by atoms with van der Waals surface area (Å²) in [7, 11) is 3.80. The van der Waals surface area contributed by atoms with Gasteiger partial charge in [0.15, 0.2) is 18.0 Å². The van der Waals surface area contributed by atoms with E-state index in [0.717, 1.165) is 19.3 Å². The lowest BCUT2D eigenvalue weighted by molar-refractivity contribution is -0.159. The van der Waals surface area contributed by atoms with Crippen LogP contribution in [0, 0.1) is 11.8 Å². The Morgan fingerprint density at radius 2 is 1.33 bits per heavy atom. The molecule has 1 unspecified atom stereocenters. The Bertz CT molecular complexity index is 2800. The molecule has 3 aromatic carbocycles. The molecule has 79 heavy (non-hydrogen) atoms. The van der Waals surface area contributed by atoms with E-state index >= 15 is 0 Å². The van der Waals surface area contributed by atoms with E-state index in [-0.39, 0.29) is 25.4 Å². The summed E-state index contributed by atoms with van der Waals surface area (Å²) in [5, 5.41) is 12.2. The predicted molar refractivity (Wildman–Crippen MR) is 289 cm³/mol. The van der Waals surface area contributed by atoms with Crippen molar-refractivity contribution in [3.8, 4) is 0 Å². The van der Waals surface area contributed by atoms with Crippen molar-refractivity contribution in [1.29, 1.82) is 0 Å². The quantitative estimate of drug-likeness (QED) is 0.0261. The molecule has 20 nitrogen and oxygen atoms in total. The number of nitrogens with zero attached hydrogens (tertiary/aromatic N) is 5. The van der Waals surface area contributed by atoms with Gasteiger partial charge in [-0.15, -0.1) is 0 Å². The minimum atomic E-state index is -1.10. The first-order chi connectivity index (χ1) is 38.3. The number of ether oxygens (including phenoxy) is 7. The van der Waals surface area contributed by atoms with Crippen LogP contribution in [-0.2, 0) is 47.5 Å². The third-order valence-electron chi connectivity index (χ3n) is 13.9. The number of benzene rings is 3. The number of hydrogen-bond acceptors (Lipinski definition) is 17. The van der Waals surface area contributed by atoms with E-state index < -0.39 is 84.5 Å². The number of unbranched alkanes of at least 4 members (excludes halogenated alkanes) is 4. The number of carboxylic acid groups (broad SMARTS) is 1. The van der Waals surface area contributed by atoms with Gasteiger partial charge in [0.1, 0.15) is 30.2 Å². The van der Waals surface area contributed by atoms with E-state index in [1.807, 2.05) is 45.1 Å². The highest BCUT2D eigenvalue weighted by atomic mass is 16.6. The molecule has 1 aliphatic carbocycles. The maximum Gasteiger partial charge on any atom is 0.338 e. The molecular formula is C59H72N6O14. The lowest BCUT2D eigenvalue weighted by atomic mass is 9.76. The Labute approximate surface area is 460 Å². The summed E-state index contributed by atoms with van der Waals surface area (Å²) >= 11 is 0. The highest BCUT2D eigenvalue weighted by Gasteiger charge is 2.50. The van der Waals surface area contributed by atoms with E-state index in [9.17, 15) is 33.9 Å². The second-order valence-electron chi connectivity index (χ2n) is 19.9. The van der Waals surface area contributed by atoms with Gasteiger partial charge in [-0.1, -0.05) is 81.3 Å². The molecule has 2 aromatic heterocycles. The highest BCUT2D eigenvalue weighted by Crippen LogP contribution is 2.39. The number of nitrogens with one attached hydrogen (secondary N) is 1. The minimum Gasteiger partial charge on any atom is -0.481 e. The molecule has 9 atom stereocenters. The summed E-state index contributed by atoms with van der Waals surface area (Å²) < 4.78 is 45.2. The van der Waals surface area contributed by atoms with Crippen molar-refractivity contribution in [3.05, 3.63) is 132 Å². The van der Waals surface area contributed by atoms with Crippen LogP contribution in [0.15, 0.2) is 110 Å². The van der Waals surface area contributed by atoms with Crippen molar-refractivity contribution in [2.45, 2.75) is 127 Å². The third kappa shape index (κ3) is 17.0. The number of carboxylic acids is 1. The number of amides is 1. The van der Waals surface area contributed by atoms with Crippen LogP contribution in [0.5, 0.6) is 0 Å². The maximum atomic E-state index is 13.6. The summed E-state index contributed by atoms with van der Waals surface area (Å²) in [5.41, 5.74) is 2.69. The van der Waals surface area contributed by atoms with E-state index in [1.54, 1.807) is 102 Å². The average molecular weight is 1090 g/mol. The van der Waals surface area contributed by atoms with E-state index in [1.165, 1.54) is 6.33 Å². The molecule has 2 aliphatic rings. The Morgan fingerprint density at radius 1 is 0.709 bits per heavy atom. The van der Waals surface area contributed by atoms with Gasteiger partial charge in [0.05, 0.1) is 60.4 Å². The molecule has 0 spiro atoms. The van der Waals surface area contributed by atoms with Gasteiger partial charge in [-0.2, -0.15) is 0 Å². The Morgan fingerprint density at radius 3 is 1.97 bits per heavy atom. The number of imidazole rings is 1. The number of fused-ring (bicyclic) bond motifs is 1. The summed E-state index contributed by atoms with van der Waals surface area (Å²) in [6.07, 6.45) is 6.11. The number of aliphatic carboxylic acids is 1. The largest absolute Gasteiger partial charge is 0.481 e. The average Bonchev–Trinajstić information content (AvgIpc) is 4.28. The third-order valence-corrected chi connectivity index (χ3v) is 13.9. The van der Waals surface area contributed by atoms with Crippen LogP contribution in [0.25, 0.3) is 17.2 Å². The summed E-state index contributed by atoms with van der Waals surface area (Å²) in [5.74, 6) is -4.63. The fourth-order valence-corrected chi connectivity index (χ4v) is 9.66. The molecule has 2 fully saturated rings. The fourth-order valence-electron chi connectivity index (χ4n) is 9.66. The Kier molecular flexibility index (Phi) is 22.4. The first kappa shape index (κ1) is 59.1. The van der Waals surface area contributed by atoms with Crippen molar-refractivity contribution >= 4 is 53.0 Å². The first-order valence-electron chi connectivity index (χ1n) is 27.1.